The van der Waals surface area contributed by atoms with E-state index in [9.17, 15) is 9.00 Å². The zero-order valence-corrected chi connectivity index (χ0v) is 10.5. The lowest BCUT2D eigenvalue weighted by molar-refractivity contribution is -0.120. The first-order valence-electron chi connectivity index (χ1n) is 5.58. The molecule has 1 aromatic rings. The predicted molar refractivity (Wildman–Crippen MR) is 69.8 cm³/mol. The van der Waals surface area contributed by atoms with Gasteiger partial charge in [-0.3, -0.25) is 9.00 Å². The average Bonchev–Trinajstić information content (AvgIpc) is 2.30. The molecule has 0 radical (unpaired) electrons. The Morgan fingerprint density at radius 2 is 2.00 bits per heavy atom. The summed E-state index contributed by atoms with van der Waals surface area (Å²) in [6.45, 7) is 0.789. The first kappa shape index (κ1) is 13.9. The quantitative estimate of drug-likeness (QED) is 0.740. The van der Waals surface area contributed by atoms with Crippen LogP contribution in [0.25, 0.3) is 0 Å². The van der Waals surface area contributed by atoms with Gasteiger partial charge >= 0.3 is 0 Å². The minimum Gasteiger partial charge on any atom is -0.355 e. The fraction of sp³-hybridized carbons (Fsp3) is 0.417. The normalized spacial score (nSPS) is 12.1. The number of benzene rings is 1. The summed E-state index contributed by atoms with van der Waals surface area (Å²) in [6.07, 6.45) is 0.325. The fourth-order valence-electron chi connectivity index (χ4n) is 1.36. The molecule has 17 heavy (non-hydrogen) atoms. The summed E-state index contributed by atoms with van der Waals surface area (Å²) in [5, 5.41) is 2.69. The molecule has 0 heterocycles. The Bertz CT molecular complexity index is 368. The molecule has 0 aliphatic heterocycles. The van der Waals surface area contributed by atoms with Crippen LogP contribution in [-0.2, 0) is 21.3 Å². The van der Waals surface area contributed by atoms with Gasteiger partial charge in [0.25, 0.3) is 0 Å². The van der Waals surface area contributed by atoms with Gasteiger partial charge in [0.1, 0.15) is 0 Å². The second kappa shape index (κ2) is 7.97. The second-order valence-electron chi connectivity index (χ2n) is 3.66. The zero-order chi connectivity index (χ0) is 12.5. The topological polar surface area (TPSA) is 72.2 Å². The van der Waals surface area contributed by atoms with Crippen molar-refractivity contribution < 1.29 is 9.00 Å². The molecule has 94 valence electrons. The molecule has 0 aliphatic carbocycles. The van der Waals surface area contributed by atoms with E-state index in [0.29, 0.717) is 31.0 Å². The standard InChI is InChI=1S/C12H18N2O2S/c13-7-6-12(15)14-8-9-17(16)10-11-4-2-1-3-5-11/h1-5H,6-10,13H2,(H,14,15). The van der Waals surface area contributed by atoms with Crippen LogP contribution in [0.1, 0.15) is 12.0 Å². The minimum absolute atomic E-state index is 0.0794. The lowest BCUT2D eigenvalue weighted by Crippen LogP contribution is -2.29. The van der Waals surface area contributed by atoms with Crippen molar-refractivity contribution >= 4 is 16.7 Å². The van der Waals surface area contributed by atoms with Crippen molar-refractivity contribution in [1.82, 2.24) is 5.32 Å². The van der Waals surface area contributed by atoms with Gasteiger partial charge in [-0.15, -0.1) is 0 Å². The maximum Gasteiger partial charge on any atom is 0.221 e. The highest BCUT2D eigenvalue weighted by atomic mass is 32.2. The summed E-state index contributed by atoms with van der Waals surface area (Å²) in [7, 11) is -0.937. The number of amides is 1. The molecule has 0 saturated carbocycles. The molecular weight excluding hydrogens is 236 g/mol. The third kappa shape index (κ3) is 6.19. The van der Waals surface area contributed by atoms with Crippen LogP contribution in [0.15, 0.2) is 30.3 Å². The smallest absolute Gasteiger partial charge is 0.221 e. The van der Waals surface area contributed by atoms with Crippen molar-refractivity contribution in [1.29, 1.82) is 0 Å². The minimum atomic E-state index is -0.937. The second-order valence-corrected chi connectivity index (χ2v) is 5.24. The van der Waals surface area contributed by atoms with E-state index >= 15 is 0 Å². The molecule has 0 aromatic heterocycles. The van der Waals surface area contributed by atoms with Crippen molar-refractivity contribution in [3.8, 4) is 0 Å². The Balaban J connectivity index is 2.20. The summed E-state index contributed by atoms with van der Waals surface area (Å²) < 4.78 is 11.7. The van der Waals surface area contributed by atoms with Gasteiger partial charge in [0.05, 0.1) is 0 Å². The Morgan fingerprint density at radius 3 is 2.65 bits per heavy atom. The van der Waals surface area contributed by atoms with E-state index in [1.54, 1.807) is 0 Å². The number of rotatable bonds is 7. The Kier molecular flexibility index (Phi) is 6.50. The van der Waals surface area contributed by atoms with Crippen LogP contribution in [0.5, 0.6) is 0 Å². The number of nitrogens with two attached hydrogens (primary N) is 1. The van der Waals surface area contributed by atoms with Crippen molar-refractivity contribution in [3.63, 3.8) is 0 Å². The third-order valence-corrected chi connectivity index (χ3v) is 3.51. The van der Waals surface area contributed by atoms with Crippen LogP contribution in [0.3, 0.4) is 0 Å². The summed E-state index contributed by atoms with van der Waals surface area (Å²) in [5.41, 5.74) is 6.30. The predicted octanol–water partition coefficient (Wildman–Crippen LogP) is 0.400. The molecule has 1 aromatic carbocycles. The maximum atomic E-state index is 11.7. The van der Waals surface area contributed by atoms with Crippen LogP contribution in [0.2, 0.25) is 0 Å². The Labute approximate surface area is 104 Å². The molecule has 1 rings (SSSR count). The van der Waals surface area contributed by atoms with Gasteiger partial charge in [0, 0.05) is 41.8 Å². The van der Waals surface area contributed by atoms with E-state index in [0.717, 1.165) is 5.56 Å². The van der Waals surface area contributed by atoms with Gasteiger partial charge in [0.2, 0.25) is 5.91 Å². The van der Waals surface area contributed by atoms with Crippen molar-refractivity contribution in [2.24, 2.45) is 5.73 Å². The molecule has 1 amide bonds. The van der Waals surface area contributed by atoms with E-state index in [-0.39, 0.29) is 5.91 Å². The molecule has 0 saturated heterocycles. The summed E-state index contributed by atoms with van der Waals surface area (Å²) in [6, 6.07) is 9.68. The molecule has 0 fully saturated rings. The highest BCUT2D eigenvalue weighted by molar-refractivity contribution is 7.84. The maximum absolute atomic E-state index is 11.7. The van der Waals surface area contributed by atoms with Crippen LogP contribution in [0, 0.1) is 0 Å². The monoisotopic (exact) mass is 254 g/mol. The molecule has 0 bridgehead atoms. The summed E-state index contributed by atoms with van der Waals surface area (Å²) >= 11 is 0. The highest BCUT2D eigenvalue weighted by Crippen LogP contribution is 2.02. The largest absolute Gasteiger partial charge is 0.355 e. The number of nitrogens with one attached hydrogen (secondary N) is 1. The van der Waals surface area contributed by atoms with Crippen molar-refractivity contribution in [3.05, 3.63) is 35.9 Å². The van der Waals surface area contributed by atoms with E-state index in [1.807, 2.05) is 30.3 Å². The van der Waals surface area contributed by atoms with E-state index in [4.69, 9.17) is 5.73 Å². The zero-order valence-electron chi connectivity index (χ0n) is 9.72. The molecule has 0 aliphatic rings. The first-order chi connectivity index (χ1) is 8.22. The molecule has 1 atom stereocenters. The number of carbonyl (C=O) groups is 1. The number of hydrogen-bond donors (Lipinski definition) is 2. The molecule has 0 spiro atoms. The molecule has 3 N–H and O–H groups in total. The van der Waals surface area contributed by atoms with E-state index in [2.05, 4.69) is 5.32 Å². The van der Waals surface area contributed by atoms with Crippen LogP contribution in [-0.4, -0.2) is 29.0 Å². The van der Waals surface area contributed by atoms with Gasteiger partial charge in [-0.1, -0.05) is 30.3 Å². The highest BCUT2D eigenvalue weighted by Gasteiger charge is 2.03. The molecule has 1 unspecified atom stereocenters. The summed E-state index contributed by atoms with van der Waals surface area (Å²) in [5.74, 6) is 0.933. The SMILES string of the molecule is NCCC(=O)NCCS(=O)Cc1ccccc1. The van der Waals surface area contributed by atoms with Gasteiger partial charge in [-0.25, -0.2) is 0 Å². The lowest BCUT2D eigenvalue weighted by atomic mass is 10.2. The third-order valence-electron chi connectivity index (χ3n) is 2.19. The lowest BCUT2D eigenvalue weighted by Gasteiger charge is -2.04. The Morgan fingerprint density at radius 1 is 1.29 bits per heavy atom. The summed E-state index contributed by atoms with van der Waals surface area (Å²) in [4.78, 5) is 11.1. The molecule has 4 nitrogen and oxygen atoms in total. The van der Waals surface area contributed by atoms with Gasteiger partial charge in [0.15, 0.2) is 0 Å². The van der Waals surface area contributed by atoms with Crippen molar-refractivity contribution in [2.75, 3.05) is 18.8 Å². The van der Waals surface area contributed by atoms with Crippen LogP contribution in [0.4, 0.5) is 0 Å². The van der Waals surface area contributed by atoms with Crippen LogP contribution < -0.4 is 11.1 Å². The van der Waals surface area contributed by atoms with Gasteiger partial charge < -0.3 is 11.1 Å². The van der Waals surface area contributed by atoms with Gasteiger partial charge in [-0.2, -0.15) is 0 Å². The fourth-order valence-corrected chi connectivity index (χ4v) is 2.39. The van der Waals surface area contributed by atoms with Crippen LogP contribution >= 0.6 is 0 Å². The van der Waals surface area contributed by atoms with E-state index < -0.39 is 10.8 Å². The van der Waals surface area contributed by atoms with Gasteiger partial charge in [-0.05, 0) is 5.56 Å². The van der Waals surface area contributed by atoms with E-state index in [1.165, 1.54) is 0 Å². The number of carbonyl (C=O) groups excluding carboxylic acids is 1. The first-order valence-corrected chi connectivity index (χ1v) is 7.07. The molecule has 5 heteroatoms. The number of hydrogen-bond acceptors (Lipinski definition) is 3. The Hall–Kier alpha value is -1.20. The molecular formula is C12H18N2O2S. The average molecular weight is 254 g/mol. The van der Waals surface area contributed by atoms with Crippen molar-refractivity contribution in [2.45, 2.75) is 12.2 Å².